The third-order valence-electron chi connectivity index (χ3n) is 5.66. The van der Waals surface area contributed by atoms with Gasteiger partial charge >= 0.3 is 24.0 Å². The Morgan fingerprint density at radius 1 is 1.17 bits per heavy atom. The van der Waals surface area contributed by atoms with Crippen molar-refractivity contribution in [2.75, 3.05) is 12.0 Å². The van der Waals surface area contributed by atoms with E-state index in [-0.39, 0.29) is 48.0 Å². The summed E-state index contributed by atoms with van der Waals surface area (Å²) in [6.45, 7) is 11.5. The zero-order valence-electron chi connectivity index (χ0n) is 22.0. The number of alkyl halides is 3. The number of methoxy groups -OCH3 is 1. The van der Waals surface area contributed by atoms with Crippen molar-refractivity contribution in [3.05, 3.63) is 33.9 Å². The molecule has 10 heteroatoms. The summed E-state index contributed by atoms with van der Waals surface area (Å²) in [6.07, 6.45) is -2.85. The number of nitrogens with zero attached hydrogens (tertiary/aromatic N) is 1. The van der Waals surface area contributed by atoms with Crippen LogP contribution in [-0.2, 0) is 32.1 Å². The molecule has 2 rings (SSSR count). The third kappa shape index (κ3) is 6.59. The van der Waals surface area contributed by atoms with Gasteiger partial charge in [-0.2, -0.15) is 13.2 Å². The van der Waals surface area contributed by atoms with Crippen LogP contribution in [0.25, 0.3) is 0 Å². The second-order valence-corrected chi connectivity index (χ2v) is 10.0. The van der Waals surface area contributed by atoms with Crippen LogP contribution < -0.4 is 9.64 Å². The maximum atomic E-state index is 13.6. The summed E-state index contributed by atoms with van der Waals surface area (Å²) in [6, 6.07) is -0.917. The molecule has 0 spiro atoms. The molecule has 1 aromatic rings. The Kier molecular flexibility index (Phi) is 8.86. The maximum absolute atomic E-state index is 13.6. The molecule has 0 fully saturated rings. The van der Waals surface area contributed by atoms with E-state index in [2.05, 4.69) is 0 Å². The Morgan fingerprint density at radius 2 is 1.78 bits per heavy atom. The van der Waals surface area contributed by atoms with Crippen molar-refractivity contribution in [1.29, 1.82) is 0 Å². The van der Waals surface area contributed by atoms with E-state index in [0.717, 1.165) is 5.57 Å². The van der Waals surface area contributed by atoms with Gasteiger partial charge < -0.3 is 19.1 Å². The molecule has 36 heavy (non-hydrogen) atoms. The van der Waals surface area contributed by atoms with Gasteiger partial charge in [0, 0.05) is 23.6 Å². The van der Waals surface area contributed by atoms with Crippen LogP contribution in [0.2, 0.25) is 0 Å². The minimum Gasteiger partial charge on any atom is -0.496 e. The maximum Gasteiger partial charge on any atom is 0.471 e. The summed E-state index contributed by atoms with van der Waals surface area (Å²) in [5.41, 5.74) is 1.15. The number of fused-ring (bicyclic) bond motifs is 1. The molecule has 0 saturated carbocycles. The van der Waals surface area contributed by atoms with E-state index < -0.39 is 29.7 Å². The molecule has 1 aliphatic heterocycles. The van der Waals surface area contributed by atoms with Gasteiger partial charge in [-0.3, -0.25) is 9.59 Å². The summed E-state index contributed by atoms with van der Waals surface area (Å²) in [7, 11) is 1.38. The van der Waals surface area contributed by atoms with E-state index >= 15 is 0 Å². The first kappa shape index (κ1) is 29.2. The van der Waals surface area contributed by atoms with Crippen molar-refractivity contribution in [3.63, 3.8) is 0 Å². The van der Waals surface area contributed by atoms with Gasteiger partial charge in [-0.05, 0) is 66.9 Å². The topological polar surface area (TPSA) is 82.1 Å². The number of carbonyl (C=O) groups is 3. The average Bonchev–Trinajstić information content (AvgIpc) is 3.12. The Morgan fingerprint density at radius 3 is 2.28 bits per heavy atom. The molecule has 0 radical (unpaired) electrons. The Balaban J connectivity index is 2.60. The molecular weight excluding hydrogens is 479 g/mol. The van der Waals surface area contributed by atoms with Gasteiger partial charge in [0.1, 0.15) is 18.0 Å². The molecule has 0 atom stereocenters. The minimum absolute atomic E-state index is 0.0607. The number of amides is 1. The second-order valence-electron chi connectivity index (χ2n) is 10.0. The van der Waals surface area contributed by atoms with Gasteiger partial charge in [0.25, 0.3) is 0 Å². The van der Waals surface area contributed by atoms with E-state index in [9.17, 15) is 27.6 Å². The Hall–Kier alpha value is -3.04. The Bertz CT molecular complexity index is 1070. The highest BCUT2D eigenvalue weighted by molar-refractivity contribution is 6.08. The molecule has 200 valence electrons. The van der Waals surface area contributed by atoms with Crippen molar-refractivity contribution in [2.24, 2.45) is 0 Å². The van der Waals surface area contributed by atoms with Crippen LogP contribution in [0.1, 0.15) is 81.4 Å². The van der Waals surface area contributed by atoms with Gasteiger partial charge in [-0.1, -0.05) is 11.6 Å². The van der Waals surface area contributed by atoms with Crippen LogP contribution >= 0.6 is 0 Å². The number of cyclic esters (lactones) is 1. The molecule has 1 heterocycles. The molecule has 1 amide bonds. The fraction of sp³-hybridized carbons (Fsp3) is 0.577. The summed E-state index contributed by atoms with van der Waals surface area (Å²) >= 11 is 0. The van der Waals surface area contributed by atoms with Gasteiger partial charge in [-0.15, -0.1) is 0 Å². The number of esters is 2. The number of carbonyl (C=O) groups excluding carboxylic acids is 3. The monoisotopic (exact) mass is 513 g/mol. The standard InChI is InChI=1S/C26H34F3NO6/c1-14(2)30(24(33)26(27,28)29)21-17(11-9-15(3)10-12-19(31)36-25(5,6)7)22(34-8)16(4)18-13-35-23(32)20(18)21/h9,14H,10-13H2,1-8H3. The molecule has 0 bridgehead atoms. The molecule has 0 N–H and O–H groups in total. The molecule has 0 unspecified atom stereocenters. The number of anilines is 1. The van der Waals surface area contributed by atoms with E-state index in [1.54, 1.807) is 40.7 Å². The van der Waals surface area contributed by atoms with Crippen molar-refractivity contribution in [1.82, 2.24) is 0 Å². The quantitative estimate of drug-likeness (QED) is 0.333. The van der Waals surface area contributed by atoms with Crippen LogP contribution in [-0.4, -0.2) is 42.8 Å². The SMILES string of the molecule is COc1c(C)c2c(c(N(C(=O)C(F)(F)F)C(C)C)c1CC=C(C)CCC(=O)OC(C)(C)C)C(=O)OC2. The summed E-state index contributed by atoms with van der Waals surface area (Å²) < 4.78 is 56.8. The normalized spacial score (nSPS) is 14.0. The number of benzene rings is 1. The van der Waals surface area contributed by atoms with Crippen LogP contribution in [0.5, 0.6) is 5.75 Å². The lowest BCUT2D eigenvalue weighted by atomic mass is 9.92. The smallest absolute Gasteiger partial charge is 0.471 e. The predicted molar refractivity (Wildman–Crippen MR) is 128 cm³/mol. The number of rotatable bonds is 8. The summed E-state index contributed by atoms with van der Waals surface area (Å²) in [5, 5.41) is 0. The first-order chi connectivity index (χ1) is 16.5. The van der Waals surface area contributed by atoms with E-state index in [4.69, 9.17) is 14.2 Å². The van der Waals surface area contributed by atoms with Gasteiger partial charge in [0.05, 0.1) is 18.4 Å². The molecule has 0 aromatic heterocycles. The van der Waals surface area contributed by atoms with E-state index in [0.29, 0.717) is 22.4 Å². The lowest BCUT2D eigenvalue weighted by Crippen LogP contribution is -2.46. The fourth-order valence-corrected chi connectivity index (χ4v) is 4.09. The van der Waals surface area contributed by atoms with Crippen molar-refractivity contribution < 1.29 is 41.8 Å². The first-order valence-electron chi connectivity index (χ1n) is 11.7. The highest BCUT2D eigenvalue weighted by Crippen LogP contribution is 2.44. The number of ether oxygens (including phenoxy) is 3. The summed E-state index contributed by atoms with van der Waals surface area (Å²) in [5.74, 6) is -2.97. The number of hydrogen-bond acceptors (Lipinski definition) is 6. The molecule has 0 aliphatic carbocycles. The molecule has 1 aliphatic rings. The first-order valence-corrected chi connectivity index (χ1v) is 11.7. The van der Waals surface area contributed by atoms with Gasteiger partial charge in [0.15, 0.2) is 0 Å². The molecule has 0 saturated heterocycles. The molecule has 1 aromatic carbocycles. The van der Waals surface area contributed by atoms with Crippen LogP contribution in [0, 0.1) is 6.92 Å². The van der Waals surface area contributed by atoms with Gasteiger partial charge in [-0.25, -0.2) is 4.79 Å². The Labute approximate surface area is 209 Å². The van der Waals surface area contributed by atoms with Crippen LogP contribution in [0.15, 0.2) is 11.6 Å². The van der Waals surface area contributed by atoms with Gasteiger partial charge in [0.2, 0.25) is 0 Å². The lowest BCUT2D eigenvalue weighted by Gasteiger charge is -2.32. The highest BCUT2D eigenvalue weighted by atomic mass is 19.4. The zero-order chi connectivity index (χ0) is 27.6. The lowest BCUT2D eigenvalue weighted by molar-refractivity contribution is -0.170. The van der Waals surface area contributed by atoms with Crippen molar-refractivity contribution in [2.45, 2.75) is 92.2 Å². The molecule has 7 nitrogen and oxygen atoms in total. The summed E-state index contributed by atoms with van der Waals surface area (Å²) in [4.78, 5) is 37.8. The predicted octanol–water partition coefficient (Wildman–Crippen LogP) is 5.59. The largest absolute Gasteiger partial charge is 0.496 e. The van der Waals surface area contributed by atoms with Crippen molar-refractivity contribution >= 4 is 23.5 Å². The highest BCUT2D eigenvalue weighted by Gasteiger charge is 2.47. The fourth-order valence-electron chi connectivity index (χ4n) is 4.09. The number of allylic oxidation sites excluding steroid dienone is 2. The second kappa shape index (κ2) is 10.9. The van der Waals surface area contributed by atoms with Crippen LogP contribution in [0.3, 0.4) is 0 Å². The van der Waals surface area contributed by atoms with E-state index in [1.165, 1.54) is 21.0 Å². The minimum atomic E-state index is -5.16. The van der Waals surface area contributed by atoms with Crippen molar-refractivity contribution in [3.8, 4) is 5.75 Å². The third-order valence-corrected chi connectivity index (χ3v) is 5.66. The molecular formula is C26H34F3NO6. The number of halogens is 3. The average molecular weight is 514 g/mol. The van der Waals surface area contributed by atoms with Crippen LogP contribution in [0.4, 0.5) is 18.9 Å². The number of hydrogen-bond donors (Lipinski definition) is 0. The zero-order valence-corrected chi connectivity index (χ0v) is 22.0. The van der Waals surface area contributed by atoms with E-state index in [1.807, 2.05) is 0 Å².